The molecule has 1 N–H and O–H groups in total. The topological polar surface area (TPSA) is 58.9 Å². The van der Waals surface area contributed by atoms with Crippen molar-refractivity contribution < 1.29 is 14.7 Å². The van der Waals surface area contributed by atoms with E-state index in [0.717, 1.165) is 18.6 Å². The fourth-order valence-corrected chi connectivity index (χ4v) is 3.23. The molecule has 0 radical (unpaired) electrons. The van der Waals surface area contributed by atoms with E-state index in [9.17, 15) is 4.79 Å². The number of hydrogen-bond donors (Lipinski definition) is 1. The molecule has 0 heterocycles. The largest absolute Gasteiger partial charge is 0.479 e. The Bertz CT molecular complexity index is 348. The lowest BCUT2D eigenvalue weighted by molar-refractivity contribution is -0.142. The van der Waals surface area contributed by atoms with Crippen LogP contribution in [0.4, 0.5) is 0 Å². The molecule has 0 amide bonds. The van der Waals surface area contributed by atoms with E-state index in [2.05, 4.69) is 25.9 Å². The van der Waals surface area contributed by atoms with Crippen LogP contribution >= 0.6 is 0 Å². The number of hydrogen-bond acceptors (Lipinski definition) is 3. The van der Waals surface area contributed by atoms with Gasteiger partial charge in [0.1, 0.15) is 0 Å². The Kier molecular flexibility index (Phi) is 2.48. The molecule has 0 spiro atoms. The Morgan fingerprint density at radius 3 is 2.69 bits per heavy atom. The number of aliphatic carboxylic acids is 1. The van der Waals surface area contributed by atoms with E-state index in [1.54, 1.807) is 0 Å². The number of nitrogens with zero attached hydrogens (tertiary/aromatic N) is 1. The summed E-state index contributed by atoms with van der Waals surface area (Å²) in [5.74, 6) is -0.304. The number of oxime groups is 1. The highest BCUT2D eigenvalue weighted by atomic mass is 16.6. The van der Waals surface area contributed by atoms with E-state index in [4.69, 9.17) is 9.94 Å². The normalized spacial score (nSPS) is 37.9. The standard InChI is InChI=1S/C12H19NO3/c1-11(2)8-4-5-12(11,3)9(6-8)13-16-7-10(14)15/h8H,4-7H2,1-3H3,(H,14,15). The maximum absolute atomic E-state index is 10.3. The molecular formula is C12H19NO3. The van der Waals surface area contributed by atoms with Crippen LogP contribution in [0.25, 0.3) is 0 Å². The average molecular weight is 225 g/mol. The predicted octanol–water partition coefficient (Wildman–Crippen LogP) is 2.29. The Balaban J connectivity index is 2.12. The van der Waals surface area contributed by atoms with Gasteiger partial charge in [0.15, 0.2) is 0 Å². The van der Waals surface area contributed by atoms with Gasteiger partial charge in [-0.2, -0.15) is 0 Å². The van der Waals surface area contributed by atoms with Crippen LogP contribution in [-0.4, -0.2) is 23.4 Å². The molecule has 0 aliphatic heterocycles. The zero-order chi connectivity index (χ0) is 12.0. The van der Waals surface area contributed by atoms with E-state index in [1.165, 1.54) is 6.42 Å². The Morgan fingerprint density at radius 2 is 2.25 bits per heavy atom. The summed E-state index contributed by atoms with van der Waals surface area (Å²) < 4.78 is 0. The first kappa shape index (κ1) is 11.4. The van der Waals surface area contributed by atoms with Crippen molar-refractivity contribution in [2.45, 2.75) is 40.0 Å². The smallest absolute Gasteiger partial charge is 0.344 e. The van der Waals surface area contributed by atoms with Crippen molar-refractivity contribution in [1.29, 1.82) is 0 Å². The third kappa shape index (κ3) is 1.43. The van der Waals surface area contributed by atoms with E-state index in [1.807, 2.05) is 0 Å². The van der Waals surface area contributed by atoms with Crippen LogP contribution in [0, 0.1) is 16.7 Å². The molecule has 2 atom stereocenters. The first-order chi connectivity index (χ1) is 7.38. The summed E-state index contributed by atoms with van der Waals surface area (Å²) in [7, 11) is 0. The minimum Gasteiger partial charge on any atom is -0.479 e. The van der Waals surface area contributed by atoms with Gasteiger partial charge in [0.25, 0.3) is 0 Å². The maximum Gasteiger partial charge on any atom is 0.344 e. The zero-order valence-electron chi connectivity index (χ0n) is 10.1. The van der Waals surface area contributed by atoms with Crippen LogP contribution in [0.1, 0.15) is 40.0 Å². The van der Waals surface area contributed by atoms with E-state index in [-0.39, 0.29) is 17.4 Å². The Morgan fingerprint density at radius 1 is 1.56 bits per heavy atom. The van der Waals surface area contributed by atoms with Crippen molar-refractivity contribution in [2.75, 3.05) is 6.61 Å². The molecule has 4 heteroatoms. The maximum atomic E-state index is 10.3. The monoisotopic (exact) mass is 225 g/mol. The van der Waals surface area contributed by atoms with Gasteiger partial charge < -0.3 is 9.94 Å². The van der Waals surface area contributed by atoms with Crippen molar-refractivity contribution in [3.8, 4) is 0 Å². The highest BCUT2D eigenvalue weighted by Gasteiger charge is 2.60. The van der Waals surface area contributed by atoms with Gasteiger partial charge in [-0.1, -0.05) is 25.9 Å². The molecule has 4 nitrogen and oxygen atoms in total. The third-order valence-electron chi connectivity index (χ3n) is 4.87. The lowest BCUT2D eigenvalue weighted by Gasteiger charge is -2.34. The molecule has 90 valence electrons. The molecule has 0 aromatic heterocycles. The highest BCUT2D eigenvalue weighted by molar-refractivity contribution is 5.93. The lowest BCUT2D eigenvalue weighted by Crippen LogP contribution is -2.32. The number of carboxylic acid groups (broad SMARTS) is 1. The van der Waals surface area contributed by atoms with E-state index < -0.39 is 5.97 Å². The van der Waals surface area contributed by atoms with Gasteiger partial charge in [0, 0.05) is 5.41 Å². The van der Waals surface area contributed by atoms with Crippen LogP contribution in [0.2, 0.25) is 0 Å². The van der Waals surface area contributed by atoms with Crippen molar-refractivity contribution in [1.82, 2.24) is 0 Å². The Hall–Kier alpha value is -1.06. The van der Waals surface area contributed by atoms with E-state index in [0.29, 0.717) is 5.92 Å². The molecule has 2 fully saturated rings. The van der Waals surface area contributed by atoms with Crippen LogP contribution < -0.4 is 0 Å². The molecule has 16 heavy (non-hydrogen) atoms. The minimum absolute atomic E-state index is 0.0934. The van der Waals surface area contributed by atoms with Gasteiger partial charge in [-0.15, -0.1) is 0 Å². The zero-order valence-corrected chi connectivity index (χ0v) is 10.1. The van der Waals surface area contributed by atoms with Crippen LogP contribution in [0.3, 0.4) is 0 Å². The molecular weight excluding hydrogens is 206 g/mol. The second kappa shape index (κ2) is 3.47. The molecule has 2 unspecified atom stereocenters. The lowest BCUT2D eigenvalue weighted by atomic mass is 9.70. The third-order valence-corrected chi connectivity index (χ3v) is 4.87. The van der Waals surface area contributed by atoms with Crippen LogP contribution in [0.5, 0.6) is 0 Å². The minimum atomic E-state index is -0.975. The molecule has 2 rings (SSSR count). The summed E-state index contributed by atoms with van der Waals surface area (Å²) in [6, 6.07) is 0. The summed E-state index contributed by atoms with van der Waals surface area (Å²) in [6.45, 7) is 6.45. The second-order valence-corrected chi connectivity index (χ2v) is 5.70. The molecule has 2 aliphatic carbocycles. The SMILES string of the molecule is CC12CCC(CC1=NOCC(=O)O)C2(C)C. The van der Waals surface area contributed by atoms with Crippen molar-refractivity contribution in [2.24, 2.45) is 21.9 Å². The molecule has 2 saturated carbocycles. The fraction of sp³-hybridized carbons (Fsp3) is 0.833. The van der Waals surface area contributed by atoms with Gasteiger partial charge in [0.2, 0.25) is 6.61 Å². The molecule has 0 aromatic rings. The number of carboxylic acids is 1. The van der Waals surface area contributed by atoms with Crippen molar-refractivity contribution >= 4 is 11.7 Å². The number of carbonyl (C=O) groups is 1. The first-order valence-corrected chi connectivity index (χ1v) is 5.79. The van der Waals surface area contributed by atoms with Gasteiger partial charge in [0.05, 0.1) is 5.71 Å². The fourth-order valence-electron chi connectivity index (χ4n) is 3.23. The predicted molar refractivity (Wildman–Crippen MR) is 60.3 cm³/mol. The summed E-state index contributed by atoms with van der Waals surface area (Å²) in [6.07, 6.45) is 3.35. The highest BCUT2D eigenvalue weighted by Crippen LogP contribution is 2.63. The van der Waals surface area contributed by atoms with E-state index >= 15 is 0 Å². The van der Waals surface area contributed by atoms with Crippen molar-refractivity contribution in [3.05, 3.63) is 0 Å². The quantitative estimate of drug-likeness (QED) is 0.750. The Labute approximate surface area is 95.7 Å². The van der Waals surface area contributed by atoms with Gasteiger partial charge in [-0.25, -0.2) is 4.79 Å². The van der Waals surface area contributed by atoms with Gasteiger partial charge in [-0.05, 0) is 30.6 Å². The second-order valence-electron chi connectivity index (χ2n) is 5.70. The average Bonchev–Trinajstić information content (AvgIpc) is 2.49. The summed E-state index contributed by atoms with van der Waals surface area (Å²) >= 11 is 0. The van der Waals surface area contributed by atoms with Crippen molar-refractivity contribution in [3.63, 3.8) is 0 Å². The summed E-state index contributed by atoms with van der Waals surface area (Å²) in [5, 5.41) is 12.5. The molecule has 2 bridgehead atoms. The first-order valence-electron chi connectivity index (χ1n) is 5.79. The number of fused-ring (bicyclic) bond motifs is 2. The molecule has 0 saturated heterocycles. The summed E-state index contributed by atoms with van der Waals surface area (Å²) in [4.78, 5) is 15.2. The van der Waals surface area contributed by atoms with Crippen LogP contribution in [-0.2, 0) is 9.63 Å². The van der Waals surface area contributed by atoms with Gasteiger partial charge in [-0.3, -0.25) is 0 Å². The molecule has 0 aromatic carbocycles. The number of rotatable bonds is 3. The van der Waals surface area contributed by atoms with Gasteiger partial charge >= 0.3 is 5.97 Å². The molecule has 2 aliphatic rings. The van der Waals surface area contributed by atoms with Crippen LogP contribution in [0.15, 0.2) is 5.16 Å². The summed E-state index contributed by atoms with van der Waals surface area (Å²) in [5.41, 5.74) is 1.41.